The molecule has 31 heavy (non-hydrogen) atoms. The van der Waals surface area contributed by atoms with E-state index >= 15 is 0 Å². The zero-order chi connectivity index (χ0) is 22.4. The van der Waals surface area contributed by atoms with Crippen molar-refractivity contribution >= 4 is 38.4 Å². The van der Waals surface area contributed by atoms with Crippen molar-refractivity contribution in [1.29, 1.82) is 0 Å². The summed E-state index contributed by atoms with van der Waals surface area (Å²) in [6, 6.07) is 7.01. The molecule has 7 nitrogen and oxygen atoms in total. The van der Waals surface area contributed by atoms with E-state index in [2.05, 4.69) is 11.9 Å². The molecule has 1 unspecified atom stereocenters. The van der Waals surface area contributed by atoms with Crippen LogP contribution in [0.1, 0.15) is 46.0 Å². The second kappa shape index (κ2) is 10.6. The average molecular weight is 466 g/mol. The highest BCUT2D eigenvalue weighted by Gasteiger charge is 2.33. The Morgan fingerprint density at radius 3 is 2.68 bits per heavy atom. The maximum absolute atomic E-state index is 13.1. The van der Waals surface area contributed by atoms with E-state index in [0.717, 1.165) is 25.7 Å². The normalized spacial score (nSPS) is 17.8. The molecule has 1 aromatic heterocycles. The molecule has 9 heteroatoms. The summed E-state index contributed by atoms with van der Waals surface area (Å²) in [6.45, 7) is 5.05. The van der Waals surface area contributed by atoms with Crippen LogP contribution in [0.3, 0.4) is 0 Å². The van der Waals surface area contributed by atoms with Gasteiger partial charge in [0, 0.05) is 19.1 Å². The van der Waals surface area contributed by atoms with Gasteiger partial charge in [-0.2, -0.15) is 0 Å². The van der Waals surface area contributed by atoms with Gasteiger partial charge in [0.1, 0.15) is 0 Å². The lowest BCUT2D eigenvalue weighted by atomic mass is 10.2. The number of aromatic nitrogens is 2. The number of carbonyl (C=O) groups excluding carboxylic acids is 1. The molecule has 3 rings (SSSR count). The van der Waals surface area contributed by atoms with Crippen LogP contribution in [0, 0.1) is 0 Å². The minimum Gasteiger partial charge on any atom is -0.338 e. The van der Waals surface area contributed by atoms with Crippen molar-refractivity contribution in [3.05, 3.63) is 34.6 Å². The summed E-state index contributed by atoms with van der Waals surface area (Å²) >= 11 is 1.26. The second-order valence-corrected chi connectivity index (χ2v) is 11.1. The molecule has 0 N–H and O–H groups in total. The molecule has 1 amide bonds. The maximum Gasteiger partial charge on any atom is 0.262 e. The van der Waals surface area contributed by atoms with E-state index in [9.17, 15) is 18.0 Å². The van der Waals surface area contributed by atoms with Gasteiger partial charge in [0.2, 0.25) is 5.91 Å². The Morgan fingerprint density at radius 2 is 2.00 bits per heavy atom. The van der Waals surface area contributed by atoms with Crippen molar-refractivity contribution in [2.75, 3.05) is 23.8 Å². The van der Waals surface area contributed by atoms with Crippen molar-refractivity contribution in [3.8, 4) is 0 Å². The summed E-state index contributed by atoms with van der Waals surface area (Å²) < 4.78 is 25.3. The first-order valence-corrected chi connectivity index (χ1v) is 13.8. The molecule has 2 aromatic rings. The van der Waals surface area contributed by atoms with Crippen molar-refractivity contribution in [1.82, 2.24) is 14.5 Å². The Kier molecular flexibility index (Phi) is 8.16. The van der Waals surface area contributed by atoms with E-state index < -0.39 is 9.84 Å². The quantitative estimate of drug-likeness (QED) is 0.304. The van der Waals surface area contributed by atoms with E-state index in [1.807, 2.05) is 25.1 Å². The monoisotopic (exact) mass is 465 g/mol. The maximum atomic E-state index is 13.1. The van der Waals surface area contributed by atoms with E-state index in [0.29, 0.717) is 35.6 Å². The molecule has 1 aliphatic heterocycles. The van der Waals surface area contributed by atoms with Crippen LogP contribution in [0.15, 0.2) is 34.2 Å². The van der Waals surface area contributed by atoms with Gasteiger partial charge in [-0.05, 0) is 31.9 Å². The number of unbranched alkanes of at least 4 members (excludes halogenated alkanes) is 3. The lowest BCUT2D eigenvalue weighted by Crippen LogP contribution is -2.42. The topological polar surface area (TPSA) is 89.3 Å². The molecule has 0 spiro atoms. The van der Waals surface area contributed by atoms with Gasteiger partial charge in [-0.15, -0.1) is 0 Å². The van der Waals surface area contributed by atoms with E-state index in [1.54, 1.807) is 15.5 Å². The van der Waals surface area contributed by atoms with Gasteiger partial charge in [0.15, 0.2) is 15.0 Å². The molecule has 1 saturated heterocycles. The molecule has 1 atom stereocenters. The first kappa shape index (κ1) is 23.8. The minimum atomic E-state index is -3.06. The standard InChI is InChI=1S/C22H31N3O4S2/c1-3-5-6-9-13-25-21(27)18-10-7-8-11-19(18)23-22(25)30-15-20(26)24(4-2)17-12-14-31(28,29)16-17/h7-8,10-11,17H,3-6,9,12-16H2,1-2H3. The lowest BCUT2D eigenvalue weighted by molar-refractivity contribution is -0.129. The van der Waals surface area contributed by atoms with Gasteiger partial charge in [-0.25, -0.2) is 13.4 Å². The van der Waals surface area contributed by atoms with Crippen LogP contribution in [-0.4, -0.2) is 58.6 Å². The summed E-state index contributed by atoms with van der Waals surface area (Å²) in [5.41, 5.74) is 0.549. The number of nitrogens with zero attached hydrogens (tertiary/aromatic N) is 3. The van der Waals surface area contributed by atoms with E-state index in [1.165, 1.54) is 11.8 Å². The first-order chi connectivity index (χ1) is 14.9. The van der Waals surface area contributed by atoms with E-state index in [-0.39, 0.29) is 34.8 Å². The van der Waals surface area contributed by atoms with Crippen LogP contribution in [0.2, 0.25) is 0 Å². The number of hydrogen-bond donors (Lipinski definition) is 0. The number of sulfone groups is 1. The lowest BCUT2D eigenvalue weighted by Gasteiger charge is -2.26. The summed E-state index contributed by atoms with van der Waals surface area (Å²) in [4.78, 5) is 32.3. The zero-order valence-corrected chi connectivity index (χ0v) is 19.9. The molecular weight excluding hydrogens is 434 g/mol. The number of fused-ring (bicyclic) bond motifs is 1. The summed E-state index contributed by atoms with van der Waals surface area (Å²) in [5.74, 6) is 0.185. The average Bonchev–Trinajstić information content (AvgIpc) is 3.11. The van der Waals surface area contributed by atoms with Crippen molar-refractivity contribution in [2.45, 2.75) is 63.7 Å². The molecule has 1 aromatic carbocycles. The zero-order valence-electron chi connectivity index (χ0n) is 18.2. The molecule has 1 fully saturated rings. The summed E-state index contributed by atoms with van der Waals surface area (Å²) in [5, 5.41) is 1.13. The highest BCUT2D eigenvalue weighted by Crippen LogP contribution is 2.22. The SMILES string of the molecule is CCCCCCn1c(SCC(=O)N(CC)C2CCS(=O)(=O)C2)nc2ccccc2c1=O. The Labute approximate surface area is 188 Å². The van der Waals surface area contributed by atoms with Crippen LogP contribution < -0.4 is 5.56 Å². The largest absolute Gasteiger partial charge is 0.338 e. The fourth-order valence-electron chi connectivity index (χ4n) is 4.02. The third-order valence-corrected chi connectivity index (χ3v) is 8.41. The predicted octanol–water partition coefficient (Wildman–Crippen LogP) is 3.10. The van der Waals surface area contributed by atoms with Crippen LogP contribution in [-0.2, 0) is 21.2 Å². The summed E-state index contributed by atoms with van der Waals surface area (Å²) in [7, 11) is -3.06. The Hall–Kier alpha value is -1.87. The molecule has 1 aliphatic rings. The van der Waals surface area contributed by atoms with Gasteiger partial charge in [0.05, 0.1) is 28.2 Å². The Morgan fingerprint density at radius 1 is 1.23 bits per heavy atom. The Balaban J connectivity index is 1.79. The van der Waals surface area contributed by atoms with E-state index in [4.69, 9.17) is 0 Å². The third kappa shape index (κ3) is 5.88. The van der Waals surface area contributed by atoms with Crippen LogP contribution in [0.5, 0.6) is 0 Å². The van der Waals surface area contributed by atoms with Crippen molar-refractivity contribution in [3.63, 3.8) is 0 Å². The van der Waals surface area contributed by atoms with Gasteiger partial charge < -0.3 is 4.90 Å². The van der Waals surface area contributed by atoms with Crippen molar-refractivity contribution in [2.24, 2.45) is 0 Å². The molecule has 0 aliphatic carbocycles. The predicted molar refractivity (Wildman–Crippen MR) is 125 cm³/mol. The molecular formula is C22H31N3O4S2. The first-order valence-electron chi connectivity index (χ1n) is 11.0. The van der Waals surface area contributed by atoms with Gasteiger partial charge >= 0.3 is 0 Å². The van der Waals surface area contributed by atoms with Gasteiger partial charge in [-0.3, -0.25) is 14.2 Å². The third-order valence-electron chi connectivity index (χ3n) is 5.70. The smallest absolute Gasteiger partial charge is 0.262 e. The number of benzene rings is 1. The Bertz CT molecular complexity index is 1080. The van der Waals surface area contributed by atoms with Crippen LogP contribution in [0.25, 0.3) is 10.9 Å². The number of rotatable bonds is 10. The van der Waals surface area contributed by atoms with Crippen LogP contribution >= 0.6 is 11.8 Å². The highest BCUT2D eigenvalue weighted by molar-refractivity contribution is 7.99. The number of para-hydroxylation sites is 1. The fourth-order valence-corrected chi connectivity index (χ4v) is 6.66. The molecule has 0 saturated carbocycles. The molecule has 2 heterocycles. The number of carbonyl (C=O) groups is 1. The van der Waals surface area contributed by atoms with Crippen molar-refractivity contribution < 1.29 is 13.2 Å². The number of thioether (sulfide) groups is 1. The van der Waals surface area contributed by atoms with Crippen LogP contribution in [0.4, 0.5) is 0 Å². The number of amides is 1. The fraction of sp³-hybridized carbons (Fsp3) is 0.591. The van der Waals surface area contributed by atoms with Gasteiger partial charge in [0.25, 0.3) is 5.56 Å². The highest BCUT2D eigenvalue weighted by atomic mass is 32.2. The summed E-state index contributed by atoms with van der Waals surface area (Å²) in [6.07, 6.45) is 4.65. The number of hydrogen-bond acceptors (Lipinski definition) is 6. The molecule has 170 valence electrons. The molecule has 0 bridgehead atoms. The molecule has 0 radical (unpaired) electrons. The van der Waals surface area contributed by atoms with Gasteiger partial charge in [-0.1, -0.05) is 50.1 Å². The minimum absolute atomic E-state index is 0.0353. The second-order valence-electron chi connectivity index (χ2n) is 7.95.